The minimum absolute atomic E-state index is 0.187. The molecule has 1 amide bonds. The molecular formula is C12H18FNO. The zero-order chi connectivity index (χ0) is 10.7. The SMILES string of the molecule is O=C(C1=CCCC1)N1CCC(CF)CC1. The highest BCUT2D eigenvalue weighted by Crippen LogP contribution is 2.23. The van der Waals surface area contributed by atoms with Gasteiger partial charge in [-0.2, -0.15) is 0 Å². The van der Waals surface area contributed by atoms with E-state index >= 15 is 0 Å². The summed E-state index contributed by atoms with van der Waals surface area (Å²) >= 11 is 0. The molecule has 1 aliphatic heterocycles. The van der Waals surface area contributed by atoms with Gasteiger partial charge in [-0.3, -0.25) is 9.18 Å². The molecule has 0 atom stereocenters. The van der Waals surface area contributed by atoms with Crippen LogP contribution in [0.15, 0.2) is 11.6 Å². The van der Waals surface area contributed by atoms with E-state index in [2.05, 4.69) is 6.08 Å². The van der Waals surface area contributed by atoms with Gasteiger partial charge in [0.1, 0.15) is 0 Å². The van der Waals surface area contributed by atoms with Gasteiger partial charge in [-0.05, 0) is 38.0 Å². The molecular weight excluding hydrogens is 193 g/mol. The number of allylic oxidation sites excluding steroid dienone is 1. The lowest BCUT2D eigenvalue weighted by Gasteiger charge is -2.31. The van der Waals surface area contributed by atoms with Gasteiger partial charge in [0.25, 0.3) is 0 Å². The summed E-state index contributed by atoms with van der Waals surface area (Å²) in [6.07, 6.45) is 6.81. The zero-order valence-corrected chi connectivity index (χ0v) is 9.04. The van der Waals surface area contributed by atoms with Crippen molar-refractivity contribution < 1.29 is 9.18 Å². The molecule has 0 aromatic carbocycles. The summed E-state index contributed by atoms with van der Waals surface area (Å²) in [6, 6.07) is 0. The number of carbonyl (C=O) groups excluding carboxylic acids is 1. The molecule has 0 aromatic heterocycles. The number of likely N-dealkylation sites (tertiary alicyclic amines) is 1. The van der Waals surface area contributed by atoms with Gasteiger partial charge >= 0.3 is 0 Å². The average Bonchev–Trinajstić information content (AvgIpc) is 2.82. The fraction of sp³-hybridized carbons (Fsp3) is 0.750. The van der Waals surface area contributed by atoms with Gasteiger partial charge in [0.15, 0.2) is 0 Å². The maximum Gasteiger partial charge on any atom is 0.249 e. The summed E-state index contributed by atoms with van der Waals surface area (Å²) in [6.45, 7) is 1.25. The normalized spacial score (nSPS) is 23.0. The van der Waals surface area contributed by atoms with Crippen molar-refractivity contribution in [2.45, 2.75) is 32.1 Å². The number of nitrogens with zero attached hydrogens (tertiary/aromatic N) is 1. The van der Waals surface area contributed by atoms with Gasteiger partial charge in [-0.1, -0.05) is 6.08 Å². The molecule has 2 nitrogen and oxygen atoms in total. The summed E-state index contributed by atoms with van der Waals surface area (Å²) in [5, 5.41) is 0. The smallest absolute Gasteiger partial charge is 0.249 e. The molecule has 2 rings (SSSR count). The Morgan fingerprint density at radius 3 is 2.73 bits per heavy atom. The largest absolute Gasteiger partial charge is 0.339 e. The average molecular weight is 211 g/mol. The monoisotopic (exact) mass is 211 g/mol. The van der Waals surface area contributed by atoms with Gasteiger partial charge in [0.2, 0.25) is 5.91 Å². The molecule has 0 spiro atoms. The predicted octanol–water partition coefficient (Wildman–Crippen LogP) is 2.30. The number of amides is 1. The van der Waals surface area contributed by atoms with E-state index < -0.39 is 0 Å². The molecule has 1 heterocycles. The van der Waals surface area contributed by atoms with E-state index in [4.69, 9.17) is 0 Å². The van der Waals surface area contributed by atoms with Crippen LogP contribution >= 0.6 is 0 Å². The van der Waals surface area contributed by atoms with E-state index in [0.717, 1.165) is 50.8 Å². The molecule has 0 N–H and O–H groups in total. The second-order valence-corrected chi connectivity index (χ2v) is 4.51. The van der Waals surface area contributed by atoms with Crippen molar-refractivity contribution in [3.63, 3.8) is 0 Å². The number of hydrogen-bond donors (Lipinski definition) is 0. The molecule has 1 saturated heterocycles. The molecule has 3 heteroatoms. The van der Waals surface area contributed by atoms with E-state index in [1.165, 1.54) is 0 Å². The van der Waals surface area contributed by atoms with Crippen molar-refractivity contribution in [1.29, 1.82) is 0 Å². The summed E-state index contributed by atoms with van der Waals surface area (Å²) in [5.41, 5.74) is 0.980. The zero-order valence-electron chi connectivity index (χ0n) is 9.04. The van der Waals surface area contributed by atoms with Crippen LogP contribution in [0, 0.1) is 5.92 Å². The Morgan fingerprint density at radius 2 is 2.20 bits per heavy atom. The van der Waals surface area contributed by atoms with E-state index in [1.54, 1.807) is 0 Å². The molecule has 0 bridgehead atoms. The molecule has 1 aliphatic carbocycles. The van der Waals surface area contributed by atoms with Gasteiger partial charge < -0.3 is 4.90 Å². The lowest BCUT2D eigenvalue weighted by Crippen LogP contribution is -2.39. The standard InChI is InChI=1S/C12H18FNO/c13-9-10-5-7-14(8-6-10)12(15)11-3-1-2-4-11/h3,10H,1-2,4-9H2. The molecule has 84 valence electrons. The summed E-state index contributed by atoms with van der Waals surface area (Å²) in [5.74, 6) is 0.386. The Bertz CT molecular complexity index is 267. The van der Waals surface area contributed by atoms with Gasteiger partial charge in [-0.25, -0.2) is 0 Å². The number of halogens is 1. The third-order valence-corrected chi connectivity index (χ3v) is 3.44. The maximum absolute atomic E-state index is 12.4. The lowest BCUT2D eigenvalue weighted by atomic mass is 9.98. The minimum atomic E-state index is -0.231. The van der Waals surface area contributed by atoms with Crippen molar-refractivity contribution in [2.75, 3.05) is 19.8 Å². The Hall–Kier alpha value is -0.860. The van der Waals surface area contributed by atoms with Gasteiger partial charge in [-0.15, -0.1) is 0 Å². The highest BCUT2D eigenvalue weighted by atomic mass is 19.1. The molecule has 0 unspecified atom stereocenters. The van der Waals surface area contributed by atoms with E-state index in [-0.39, 0.29) is 18.5 Å². The lowest BCUT2D eigenvalue weighted by molar-refractivity contribution is -0.128. The van der Waals surface area contributed by atoms with Crippen molar-refractivity contribution in [3.05, 3.63) is 11.6 Å². The predicted molar refractivity (Wildman–Crippen MR) is 57.2 cm³/mol. The van der Waals surface area contributed by atoms with Crippen molar-refractivity contribution in [2.24, 2.45) is 5.92 Å². The Morgan fingerprint density at radius 1 is 1.47 bits per heavy atom. The van der Waals surface area contributed by atoms with Crippen LogP contribution in [-0.2, 0) is 4.79 Å². The highest BCUT2D eigenvalue weighted by molar-refractivity contribution is 5.93. The highest BCUT2D eigenvalue weighted by Gasteiger charge is 2.25. The van der Waals surface area contributed by atoms with E-state index in [1.807, 2.05) is 4.90 Å². The van der Waals surface area contributed by atoms with Crippen LogP contribution < -0.4 is 0 Å². The first kappa shape index (κ1) is 10.7. The molecule has 0 aromatic rings. The van der Waals surface area contributed by atoms with Gasteiger partial charge in [0.05, 0.1) is 6.67 Å². The first-order valence-electron chi connectivity index (χ1n) is 5.85. The van der Waals surface area contributed by atoms with Crippen molar-refractivity contribution in [1.82, 2.24) is 4.90 Å². The maximum atomic E-state index is 12.4. The van der Waals surface area contributed by atoms with E-state index in [0.29, 0.717) is 0 Å². The number of piperidine rings is 1. The fourth-order valence-electron chi connectivity index (χ4n) is 2.36. The first-order valence-corrected chi connectivity index (χ1v) is 5.85. The van der Waals surface area contributed by atoms with Crippen LogP contribution in [-0.4, -0.2) is 30.6 Å². The molecule has 0 saturated carbocycles. The summed E-state index contributed by atoms with van der Waals surface area (Å²) in [7, 11) is 0. The second kappa shape index (κ2) is 4.77. The number of rotatable bonds is 2. The third-order valence-electron chi connectivity index (χ3n) is 3.44. The van der Waals surface area contributed by atoms with Crippen LogP contribution in [0.1, 0.15) is 32.1 Å². The minimum Gasteiger partial charge on any atom is -0.339 e. The van der Waals surface area contributed by atoms with E-state index in [9.17, 15) is 9.18 Å². The number of alkyl halides is 1. The fourth-order valence-corrected chi connectivity index (χ4v) is 2.36. The second-order valence-electron chi connectivity index (χ2n) is 4.51. The first-order chi connectivity index (χ1) is 7.31. The molecule has 0 radical (unpaired) electrons. The number of hydrogen-bond acceptors (Lipinski definition) is 1. The van der Waals surface area contributed by atoms with Crippen LogP contribution in [0.3, 0.4) is 0 Å². The van der Waals surface area contributed by atoms with Crippen LogP contribution in [0.25, 0.3) is 0 Å². The number of carbonyl (C=O) groups is 1. The van der Waals surface area contributed by atoms with Crippen LogP contribution in [0.5, 0.6) is 0 Å². The quantitative estimate of drug-likeness (QED) is 0.686. The molecule has 2 aliphatic rings. The topological polar surface area (TPSA) is 20.3 Å². The third kappa shape index (κ3) is 2.39. The van der Waals surface area contributed by atoms with Crippen molar-refractivity contribution >= 4 is 5.91 Å². The molecule has 15 heavy (non-hydrogen) atoms. The Kier molecular flexibility index (Phi) is 3.39. The van der Waals surface area contributed by atoms with Gasteiger partial charge in [0, 0.05) is 18.7 Å². The van der Waals surface area contributed by atoms with Crippen LogP contribution in [0.4, 0.5) is 4.39 Å². The summed E-state index contributed by atoms with van der Waals surface area (Å²) in [4.78, 5) is 13.9. The summed E-state index contributed by atoms with van der Waals surface area (Å²) < 4.78 is 12.4. The Labute approximate surface area is 90.1 Å². The van der Waals surface area contributed by atoms with Crippen LogP contribution in [0.2, 0.25) is 0 Å². The van der Waals surface area contributed by atoms with Crippen molar-refractivity contribution in [3.8, 4) is 0 Å². The Balaban J connectivity index is 1.87. The molecule has 1 fully saturated rings.